The zero-order valence-electron chi connectivity index (χ0n) is 14.4. The van der Waals surface area contributed by atoms with Crippen LogP contribution in [0.2, 0.25) is 0 Å². The van der Waals surface area contributed by atoms with Crippen LogP contribution in [0.25, 0.3) is 27.5 Å². The van der Waals surface area contributed by atoms with E-state index in [2.05, 4.69) is 20.3 Å². The monoisotopic (exact) mass is 366 g/mol. The lowest BCUT2D eigenvalue weighted by atomic mass is 10.1. The van der Waals surface area contributed by atoms with Crippen LogP contribution in [0, 0.1) is 0 Å². The fourth-order valence-electron chi connectivity index (χ4n) is 3.11. The molecule has 3 N–H and O–H groups in total. The highest BCUT2D eigenvalue weighted by Gasteiger charge is 2.13. The molecule has 0 aliphatic rings. The second-order valence-corrected chi connectivity index (χ2v) is 6.18. The minimum absolute atomic E-state index is 0.666. The number of hydrogen-bond donors (Lipinski definition) is 2. The highest BCUT2D eigenvalue weighted by molar-refractivity contribution is 7.98. The van der Waals surface area contributed by atoms with Gasteiger partial charge in [0.25, 0.3) is 0 Å². The smallest absolute Gasteiger partial charge is 0.162 e. The Hall–Kier alpha value is -2.90. The number of benzene rings is 2. The summed E-state index contributed by atoms with van der Waals surface area (Å²) in [6, 6.07) is 14.0. The summed E-state index contributed by atoms with van der Waals surface area (Å²) in [4.78, 5) is 4.56. The standard InChI is InChI=1S/C19H18N4O2S/c1-24-17-9-15-16(10-18(17)25-2)21-11-12-7-8-23(19(12)15)14-5-3-13(4-6-14)22-26-20/h3-11,22H,20H2,1-2H3. The van der Waals surface area contributed by atoms with Crippen molar-refractivity contribution in [1.82, 2.24) is 9.55 Å². The van der Waals surface area contributed by atoms with Crippen molar-refractivity contribution in [2.24, 2.45) is 5.14 Å². The number of nitrogens with two attached hydrogens (primary N) is 1. The van der Waals surface area contributed by atoms with E-state index in [0.717, 1.165) is 45.3 Å². The molecular formula is C19H18N4O2S. The van der Waals surface area contributed by atoms with Crippen LogP contribution in [0.1, 0.15) is 0 Å². The highest BCUT2D eigenvalue weighted by atomic mass is 32.2. The van der Waals surface area contributed by atoms with E-state index in [-0.39, 0.29) is 0 Å². The van der Waals surface area contributed by atoms with Crippen LogP contribution < -0.4 is 19.3 Å². The van der Waals surface area contributed by atoms with E-state index in [0.29, 0.717) is 11.5 Å². The predicted molar refractivity (Wildman–Crippen MR) is 107 cm³/mol. The van der Waals surface area contributed by atoms with Gasteiger partial charge in [-0.2, -0.15) is 0 Å². The number of nitrogens with one attached hydrogen (secondary N) is 1. The number of ether oxygens (including phenoxy) is 2. The number of fused-ring (bicyclic) bond motifs is 3. The van der Waals surface area contributed by atoms with Gasteiger partial charge in [-0.3, -0.25) is 10.1 Å². The maximum Gasteiger partial charge on any atom is 0.162 e. The molecule has 2 heterocycles. The van der Waals surface area contributed by atoms with Crippen LogP contribution in [-0.2, 0) is 0 Å². The van der Waals surface area contributed by atoms with E-state index in [1.165, 1.54) is 0 Å². The fraction of sp³-hybridized carbons (Fsp3) is 0.105. The Morgan fingerprint density at radius 3 is 2.46 bits per heavy atom. The first-order valence-electron chi connectivity index (χ1n) is 7.99. The quantitative estimate of drug-likeness (QED) is 0.517. The van der Waals surface area contributed by atoms with Gasteiger partial charge in [0.1, 0.15) is 0 Å². The summed E-state index contributed by atoms with van der Waals surface area (Å²) in [7, 11) is 3.26. The molecule has 6 nitrogen and oxygen atoms in total. The number of methoxy groups -OCH3 is 2. The number of aromatic nitrogens is 2. The number of anilines is 1. The van der Waals surface area contributed by atoms with Crippen molar-refractivity contribution in [3.05, 3.63) is 54.9 Å². The number of rotatable bonds is 5. The van der Waals surface area contributed by atoms with Gasteiger partial charge >= 0.3 is 0 Å². The number of hydrogen-bond acceptors (Lipinski definition) is 6. The van der Waals surface area contributed by atoms with Crippen LogP contribution in [0.5, 0.6) is 11.5 Å². The van der Waals surface area contributed by atoms with Crippen LogP contribution in [0.15, 0.2) is 54.9 Å². The van der Waals surface area contributed by atoms with Gasteiger partial charge in [-0.15, -0.1) is 0 Å². The first kappa shape index (κ1) is 16.6. The molecule has 0 saturated carbocycles. The summed E-state index contributed by atoms with van der Waals surface area (Å²) < 4.78 is 16.0. The molecule has 7 heteroatoms. The lowest BCUT2D eigenvalue weighted by Crippen LogP contribution is -1.96. The van der Waals surface area contributed by atoms with Crippen LogP contribution in [0.3, 0.4) is 0 Å². The maximum atomic E-state index is 5.47. The van der Waals surface area contributed by atoms with Crippen molar-refractivity contribution in [2.45, 2.75) is 0 Å². The average Bonchev–Trinajstić information content (AvgIpc) is 3.12. The Labute approximate surface area is 155 Å². The molecule has 4 aromatic rings. The second-order valence-electron chi connectivity index (χ2n) is 5.74. The van der Waals surface area contributed by atoms with Crippen LogP contribution in [-0.4, -0.2) is 23.8 Å². The van der Waals surface area contributed by atoms with Crippen molar-refractivity contribution >= 4 is 39.6 Å². The second kappa shape index (κ2) is 6.78. The van der Waals surface area contributed by atoms with Gasteiger partial charge in [-0.25, -0.2) is 0 Å². The lowest BCUT2D eigenvalue weighted by Gasteiger charge is -2.12. The summed E-state index contributed by atoms with van der Waals surface area (Å²) in [5.41, 5.74) is 3.93. The molecule has 26 heavy (non-hydrogen) atoms. The Kier molecular flexibility index (Phi) is 4.32. The zero-order chi connectivity index (χ0) is 18.1. The van der Waals surface area contributed by atoms with E-state index in [1.807, 2.05) is 48.8 Å². The molecule has 2 aromatic heterocycles. The molecule has 132 valence electrons. The van der Waals surface area contributed by atoms with Gasteiger partial charge < -0.3 is 18.8 Å². The Bertz CT molecular complexity index is 1080. The van der Waals surface area contributed by atoms with Gasteiger partial charge in [0.15, 0.2) is 11.5 Å². The highest BCUT2D eigenvalue weighted by Crippen LogP contribution is 2.35. The largest absolute Gasteiger partial charge is 0.493 e. The fourth-order valence-corrected chi connectivity index (χ4v) is 3.39. The molecule has 0 radical (unpaired) electrons. The van der Waals surface area contributed by atoms with Gasteiger partial charge in [0, 0.05) is 52.7 Å². The molecule has 0 aliphatic heterocycles. The molecule has 0 fully saturated rings. The van der Waals surface area contributed by atoms with Crippen molar-refractivity contribution in [3.8, 4) is 17.2 Å². The molecule has 0 saturated heterocycles. The zero-order valence-corrected chi connectivity index (χ0v) is 15.2. The molecule has 4 rings (SSSR count). The minimum Gasteiger partial charge on any atom is -0.493 e. The van der Waals surface area contributed by atoms with E-state index >= 15 is 0 Å². The first-order chi connectivity index (χ1) is 12.7. The van der Waals surface area contributed by atoms with Crippen molar-refractivity contribution in [3.63, 3.8) is 0 Å². The third-order valence-electron chi connectivity index (χ3n) is 4.34. The van der Waals surface area contributed by atoms with Crippen molar-refractivity contribution < 1.29 is 9.47 Å². The molecule has 0 spiro atoms. The molecular weight excluding hydrogens is 348 g/mol. The van der Waals surface area contributed by atoms with E-state index in [4.69, 9.17) is 14.6 Å². The summed E-state index contributed by atoms with van der Waals surface area (Å²) in [6.45, 7) is 0. The summed E-state index contributed by atoms with van der Waals surface area (Å²) >= 11 is 1.08. The van der Waals surface area contributed by atoms with E-state index in [1.54, 1.807) is 14.2 Å². The summed E-state index contributed by atoms with van der Waals surface area (Å²) in [5, 5.41) is 7.52. The minimum atomic E-state index is 0.666. The third kappa shape index (κ3) is 2.71. The molecule has 0 atom stereocenters. The van der Waals surface area contributed by atoms with E-state index in [9.17, 15) is 0 Å². The Morgan fingerprint density at radius 2 is 1.77 bits per heavy atom. The third-order valence-corrected chi connectivity index (χ3v) is 4.69. The number of pyridine rings is 1. The predicted octanol–water partition coefficient (Wildman–Crippen LogP) is 4.13. The van der Waals surface area contributed by atoms with Gasteiger partial charge in [-0.05, 0) is 36.4 Å². The van der Waals surface area contributed by atoms with Crippen LogP contribution >= 0.6 is 12.1 Å². The van der Waals surface area contributed by atoms with Crippen molar-refractivity contribution in [1.29, 1.82) is 0 Å². The van der Waals surface area contributed by atoms with Gasteiger partial charge in [-0.1, -0.05) is 0 Å². The SMILES string of the molecule is COc1cc2ncc3ccn(-c4ccc(NSN)cc4)c3c2cc1OC. The average molecular weight is 366 g/mol. The van der Waals surface area contributed by atoms with Gasteiger partial charge in [0.2, 0.25) is 0 Å². The summed E-state index contributed by atoms with van der Waals surface area (Å²) in [6.07, 6.45) is 3.92. The van der Waals surface area contributed by atoms with Gasteiger partial charge in [0.05, 0.1) is 25.3 Å². The Morgan fingerprint density at radius 1 is 1.04 bits per heavy atom. The molecule has 0 bridgehead atoms. The summed E-state index contributed by atoms with van der Waals surface area (Å²) in [5.74, 6) is 1.35. The normalized spacial score (nSPS) is 11.0. The van der Waals surface area contributed by atoms with Crippen molar-refractivity contribution in [2.75, 3.05) is 18.9 Å². The first-order valence-corrected chi connectivity index (χ1v) is 8.87. The lowest BCUT2D eigenvalue weighted by molar-refractivity contribution is 0.356. The molecule has 2 aromatic carbocycles. The maximum absolute atomic E-state index is 5.47. The molecule has 0 unspecified atom stereocenters. The van der Waals surface area contributed by atoms with E-state index < -0.39 is 0 Å². The Balaban J connectivity index is 1.94. The molecule has 0 amide bonds. The number of nitrogens with zero attached hydrogens (tertiary/aromatic N) is 2. The topological polar surface area (TPSA) is 74.3 Å². The molecule has 0 aliphatic carbocycles. The van der Waals surface area contributed by atoms with Crippen LogP contribution in [0.4, 0.5) is 5.69 Å².